The number of oxime groups is 1. The summed E-state index contributed by atoms with van der Waals surface area (Å²) in [5.74, 6) is 1.34. The lowest BCUT2D eigenvalue weighted by Crippen LogP contribution is -2.30. The number of piperidine rings is 1. The van der Waals surface area contributed by atoms with Gasteiger partial charge < -0.3 is 15.5 Å². The highest BCUT2D eigenvalue weighted by Crippen LogP contribution is 2.21. The van der Waals surface area contributed by atoms with E-state index in [1.165, 1.54) is 19.3 Å². The van der Waals surface area contributed by atoms with E-state index in [-0.39, 0.29) is 0 Å². The summed E-state index contributed by atoms with van der Waals surface area (Å²) in [4.78, 5) is 12.1. The van der Waals surface area contributed by atoms with Gasteiger partial charge in [0.2, 0.25) is 0 Å². The number of amidine groups is 1. The summed E-state index contributed by atoms with van der Waals surface area (Å²) < 4.78 is 1.08. The Morgan fingerprint density at radius 3 is 2.91 bits per heavy atom. The highest BCUT2D eigenvalue weighted by atomic mass is 79.9. The van der Waals surface area contributed by atoms with Crippen LogP contribution in [-0.2, 0) is 11.4 Å². The highest BCUT2D eigenvalue weighted by Gasteiger charge is 2.13. The Bertz CT molecular complexity index is 682. The molecule has 1 aliphatic heterocycles. The van der Waals surface area contributed by atoms with Crippen LogP contribution in [0.4, 0.5) is 5.82 Å². The van der Waals surface area contributed by atoms with Gasteiger partial charge in [0.1, 0.15) is 12.4 Å². The Morgan fingerprint density at radius 2 is 2.17 bits per heavy atom. The number of anilines is 1. The Balaban J connectivity index is 1.64. The molecule has 0 saturated carbocycles. The Labute approximate surface area is 148 Å². The molecule has 0 unspecified atom stereocenters. The van der Waals surface area contributed by atoms with E-state index in [1.54, 1.807) is 17.5 Å². The largest absolute Gasteiger partial charge is 0.389 e. The molecule has 1 fully saturated rings. The average molecular weight is 395 g/mol. The van der Waals surface area contributed by atoms with Gasteiger partial charge in [0, 0.05) is 30.4 Å². The number of nitrogens with two attached hydrogens (primary N) is 1. The molecule has 3 rings (SSSR count). The van der Waals surface area contributed by atoms with Crippen LogP contribution in [0.5, 0.6) is 0 Å². The van der Waals surface area contributed by atoms with Crippen molar-refractivity contribution in [3.8, 4) is 0 Å². The molecule has 0 aromatic carbocycles. The van der Waals surface area contributed by atoms with Crippen LogP contribution in [0.15, 0.2) is 38.7 Å². The lowest BCUT2D eigenvalue weighted by molar-refractivity contribution is 0.130. The first-order valence-electron chi connectivity index (χ1n) is 7.62. The average Bonchev–Trinajstić information content (AvgIpc) is 3.01. The second-order valence-corrected chi connectivity index (χ2v) is 7.75. The number of nitrogens with zero attached hydrogens (tertiary/aromatic N) is 3. The summed E-state index contributed by atoms with van der Waals surface area (Å²) in [6, 6.07) is 5.85. The van der Waals surface area contributed by atoms with Crippen molar-refractivity contribution in [2.24, 2.45) is 10.9 Å². The van der Waals surface area contributed by atoms with Gasteiger partial charge in [-0.2, -0.15) is 0 Å². The van der Waals surface area contributed by atoms with Crippen molar-refractivity contribution >= 4 is 38.9 Å². The fourth-order valence-corrected chi connectivity index (χ4v) is 3.72. The zero-order chi connectivity index (χ0) is 16.1. The quantitative estimate of drug-likeness (QED) is 0.476. The van der Waals surface area contributed by atoms with E-state index in [9.17, 15) is 0 Å². The number of rotatable bonds is 5. The Hall–Kier alpha value is -1.60. The molecule has 1 aliphatic rings. The molecule has 122 valence electrons. The molecular weight excluding hydrogens is 376 g/mol. The maximum atomic E-state index is 6.03. The summed E-state index contributed by atoms with van der Waals surface area (Å²) in [5, 5.41) is 6.05. The summed E-state index contributed by atoms with van der Waals surface area (Å²) in [5.41, 5.74) is 7.95. The molecule has 0 spiro atoms. The van der Waals surface area contributed by atoms with Gasteiger partial charge in [-0.3, -0.25) is 0 Å². The van der Waals surface area contributed by atoms with Gasteiger partial charge in [-0.15, -0.1) is 11.3 Å². The minimum atomic E-state index is 0.375. The Morgan fingerprint density at radius 1 is 1.35 bits per heavy atom. The second kappa shape index (κ2) is 7.79. The fourth-order valence-electron chi connectivity index (χ4n) is 2.52. The van der Waals surface area contributed by atoms with E-state index in [2.05, 4.69) is 31.0 Å². The van der Waals surface area contributed by atoms with E-state index >= 15 is 0 Å². The van der Waals surface area contributed by atoms with E-state index < -0.39 is 0 Å². The number of aromatic nitrogens is 1. The third-order valence-electron chi connectivity index (χ3n) is 3.74. The Kier molecular flexibility index (Phi) is 5.51. The molecule has 2 aromatic rings. The van der Waals surface area contributed by atoms with Gasteiger partial charge in [0.05, 0.1) is 3.79 Å². The summed E-state index contributed by atoms with van der Waals surface area (Å²) >= 11 is 5.05. The van der Waals surface area contributed by atoms with Crippen LogP contribution in [0.2, 0.25) is 0 Å². The molecule has 3 heterocycles. The van der Waals surface area contributed by atoms with Crippen molar-refractivity contribution in [3.63, 3.8) is 0 Å². The van der Waals surface area contributed by atoms with Crippen molar-refractivity contribution < 1.29 is 4.84 Å². The molecule has 1 saturated heterocycles. The van der Waals surface area contributed by atoms with E-state index in [0.717, 1.165) is 33.8 Å². The summed E-state index contributed by atoms with van der Waals surface area (Å²) in [7, 11) is 0. The molecule has 0 aliphatic carbocycles. The number of pyridine rings is 1. The predicted molar refractivity (Wildman–Crippen MR) is 97.8 cm³/mol. The first-order valence-corrected chi connectivity index (χ1v) is 9.29. The van der Waals surface area contributed by atoms with Crippen molar-refractivity contribution in [2.75, 3.05) is 18.0 Å². The van der Waals surface area contributed by atoms with Crippen LogP contribution in [0, 0.1) is 0 Å². The number of hydrogen-bond donors (Lipinski definition) is 1. The highest BCUT2D eigenvalue weighted by molar-refractivity contribution is 9.11. The van der Waals surface area contributed by atoms with Gasteiger partial charge >= 0.3 is 0 Å². The van der Waals surface area contributed by atoms with Gasteiger partial charge in [0.25, 0.3) is 0 Å². The second-order valence-electron chi connectivity index (χ2n) is 5.46. The zero-order valence-electron chi connectivity index (χ0n) is 12.7. The molecular formula is C16H19BrN4OS. The van der Waals surface area contributed by atoms with Crippen LogP contribution in [0.3, 0.4) is 0 Å². The monoisotopic (exact) mass is 394 g/mol. The van der Waals surface area contributed by atoms with Gasteiger partial charge in [0.15, 0.2) is 5.84 Å². The third kappa shape index (κ3) is 4.45. The first kappa shape index (κ1) is 16.3. The SMILES string of the molecule is NC(=NOCc1csc(Br)c1)c1ccnc(N2CCCCC2)c1. The van der Waals surface area contributed by atoms with Gasteiger partial charge in [-0.25, -0.2) is 4.98 Å². The standard InChI is InChI=1S/C16H19BrN4OS/c17-14-8-12(11-23-14)10-22-20-16(18)13-4-5-19-15(9-13)21-6-2-1-3-7-21/h4-5,8-9,11H,1-3,6-7,10H2,(H2,18,20). The van der Waals surface area contributed by atoms with E-state index in [4.69, 9.17) is 10.6 Å². The minimum absolute atomic E-state index is 0.375. The maximum absolute atomic E-state index is 6.03. The van der Waals surface area contributed by atoms with Crippen molar-refractivity contribution in [3.05, 3.63) is 44.7 Å². The van der Waals surface area contributed by atoms with Crippen molar-refractivity contribution in [1.29, 1.82) is 0 Å². The third-order valence-corrected chi connectivity index (χ3v) is 5.29. The lowest BCUT2D eigenvalue weighted by atomic mass is 10.1. The van der Waals surface area contributed by atoms with E-state index in [0.29, 0.717) is 12.4 Å². The van der Waals surface area contributed by atoms with Gasteiger partial charge in [-0.05, 0) is 58.8 Å². The smallest absolute Gasteiger partial charge is 0.170 e. The lowest BCUT2D eigenvalue weighted by Gasteiger charge is -2.27. The normalized spacial score (nSPS) is 15.7. The van der Waals surface area contributed by atoms with Crippen molar-refractivity contribution in [2.45, 2.75) is 25.9 Å². The first-order chi connectivity index (χ1) is 11.2. The molecule has 2 N–H and O–H groups in total. The molecule has 23 heavy (non-hydrogen) atoms. The molecule has 0 atom stereocenters. The van der Waals surface area contributed by atoms with Crippen LogP contribution >= 0.6 is 27.3 Å². The van der Waals surface area contributed by atoms with E-state index in [1.807, 2.05) is 23.6 Å². The van der Waals surface area contributed by atoms with Crippen molar-refractivity contribution in [1.82, 2.24) is 4.98 Å². The van der Waals surface area contributed by atoms with Gasteiger partial charge in [-0.1, -0.05) is 5.16 Å². The molecule has 5 nitrogen and oxygen atoms in total. The maximum Gasteiger partial charge on any atom is 0.170 e. The number of thiophene rings is 1. The molecule has 2 aromatic heterocycles. The van der Waals surface area contributed by atoms with Crippen LogP contribution < -0.4 is 10.6 Å². The zero-order valence-corrected chi connectivity index (χ0v) is 15.1. The molecule has 0 radical (unpaired) electrons. The minimum Gasteiger partial charge on any atom is -0.389 e. The van der Waals surface area contributed by atoms with Crippen LogP contribution in [0.25, 0.3) is 0 Å². The molecule has 7 heteroatoms. The molecule has 0 amide bonds. The van der Waals surface area contributed by atoms with Crippen LogP contribution in [0.1, 0.15) is 30.4 Å². The number of hydrogen-bond acceptors (Lipinski definition) is 5. The topological polar surface area (TPSA) is 63.7 Å². The van der Waals surface area contributed by atoms with Crippen LogP contribution in [-0.4, -0.2) is 23.9 Å². The molecule has 0 bridgehead atoms. The summed E-state index contributed by atoms with van der Waals surface area (Å²) in [6.07, 6.45) is 5.51. The summed E-state index contributed by atoms with van der Waals surface area (Å²) in [6.45, 7) is 2.51. The number of halogens is 1. The fraction of sp³-hybridized carbons (Fsp3) is 0.375. The predicted octanol–water partition coefficient (Wildman–Crippen LogP) is 3.73.